The monoisotopic (exact) mass is 164 g/mol. The summed E-state index contributed by atoms with van der Waals surface area (Å²) in [6.07, 6.45) is 4.10. The summed E-state index contributed by atoms with van der Waals surface area (Å²) in [5, 5.41) is 0. The van der Waals surface area contributed by atoms with Crippen molar-refractivity contribution >= 4 is 6.29 Å². The Kier molecular flexibility index (Phi) is 2.54. The predicted molar refractivity (Wildman–Crippen MR) is 49.8 cm³/mol. The van der Waals surface area contributed by atoms with Gasteiger partial charge in [-0.1, -0.05) is 20.4 Å². The van der Waals surface area contributed by atoms with Gasteiger partial charge >= 0.3 is 0 Å². The molecule has 0 aromatic heterocycles. The van der Waals surface area contributed by atoms with Crippen LogP contribution >= 0.6 is 0 Å². The van der Waals surface area contributed by atoms with Crippen LogP contribution in [0.15, 0.2) is 17.9 Å². The molecular formula is C11H16O. The van der Waals surface area contributed by atoms with Crippen molar-refractivity contribution in [3.63, 3.8) is 0 Å². The molecule has 0 N–H and O–H groups in total. The molecule has 1 aliphatic carbocycles. The highest BCUT2D eigenvalue weighted by Gasteiger charge is 2.29. The molecule has 1 atom stereocenters. The molecule has 1 rings (SSSR count). The van der Waals surface area contributed by atoms with Crippen LogP contribution in [0.4, 0.5) is 0 Å². The molecule has 0 amide bonds. The quantitative estimate of drug-likeness (QED) is 0.430. The van der Waals surface area contributed by atoms with E-state index in [-0.39, 0.29) is 5.92 Å². The summed E-state index contributed by atoms with van der Waals surface area (Å²) in [4.78, 5) is 10.7. The molecule has 0 heterocycles. The highest BCUT2D eigenvalue weighted by atomic mass is 16.1. The fourth-order valence-corrected chi connectivity index (χ4v) is 1.80. The smallest absolute Gasteiger partial charge is 0.127 e. The van der Waals surface area contributed by atoms with Crippen molar-refractivity contribution in [3.05, 3.63) is 17.9 Å². The molecule has 0 saturated heterocycles. The topological polar surface area (TPSA) is 17.1 Å². The van der Waals surface area contributed by atoms with Crippen LogP contribution < -0.4 is 0 Å². The van der Waals surface area contributed by atoms with Gasteiger partial charge in [0.05, 0.1) is 0 Å². The summed E-state index contributed by atoms with van der Waals surface area (Å²) in [5.74, 6) is 0.0931. The van der Waals surface area contributed by atoms with Crippen LogP contribution in [-0.2, 0) is 4.79 Å². The zero-order valence-corrected chi connectivity index (χ0v) is 7.89. The number of hydrogen-bond acceptors (Lipinski definition) is 1. The number of carbonyl (C=O) groups excluding carboxylic acids is 1. The van der Waals surface area contributed by atoms with E-state index < -0.39 is 0 Å². The Balaban J connectivity index is 2.80. The normalized spacial score (nSPS) is 27.8. The first-order valence-electron chi connectivity index (χ1n) is 4.43. The van der Waals surface area contributed by atoms with Gasteiger partial charge in [0.15, 0.2) is 0 Å². The van der Waals surface area contributed by atoms with Crippen molar-refractivity contribution in [2.45, 2.75) is 33.1 Å². The number of aldehydes is 1. The lowest BCUT2D eigenvalue weighted by atomic mass is 9.71. The highest BCUT2D eigenvalue weighted by molar-refractivity contribution is 5.59. The van der Waals surface area contributed by atoms with Crippen LogP contribution in [0.2, 0.25) is 0 Å². The lowest BCUT2D eigenvalue weighted by Gasteiger charge is -2.33. The number of allylic oxidation sites excluding steroid dienone is 1. The van der Waals surface area contributed by atoms with Gasteiger partial charge in [-0.25, -0.2) is 0 Å². The first kappa shape index (κ1) is 9.28. The second-order valence-electron chi connectivity index (χ2n) is 4.32. The second kappa shape index (κ2) is 3.28. The molecule has 0 aliphatic heterocycles. The van der Waals surface area contributed by atoms with Crippen molar-refractivity contribution in [1.82, 2.24) is 0 Å². The fraction of sp³-hybridized carbons (Fsp3) is 0.636. The van der Waals surface area contributed by atoms with Gasteiger partial charge in [-0.15, -0.1) is 5.73 Å². The Morgan fingerprint density at radius 3 is 2.83 bits per heavy atom. The molecule has 1 saturated carbocycles. The Morgan fingerprint density at radius 1 is 1.67 bits per heavy atom. The van der Waals surface area contributed by atoms with E-state index >= 15 is 0 Å². The van der Waals surface area contributed by atoms with Crippen molar-refractivity contribution < 1.29 is 4.79 Å². The summed E-state index contributed by atoms with van der Waals surface area (Å²) in [5.41, 5.74) is 4.33. The van der Waals surface area contributed by atoms with Crippen LogP contribution in [0, 0.1) is 11.3 Å². The van der Waals surface area contributed by atoms with Gasteiger partial charge in [0.25, 0.3) is 0 Å². The molecule has 1 heteroatoms. The molecule has 12 heavy (non-hydrogen) atoms. The molecular weight excluding hydrogens is 148 g/mol. The van der Waals surface area contributed by atoms with E-state index in [1.54, 1.807) is 0 Å². The Labute approximate surface area is 74.2 Å². The number of carbonyl (C=O) groups is 1. The lowest BCUT2D eigenvalue weighted by molar-refractivity contribution is -0.110. The van der Waals surface area contributed by atoms with Gasteiger partial charge in [-0.2, -0.15) is 0 Å². The predicted octanol–water partition coefficient (Wildman–Crippen LogP) is 2.72. The molecule has 0 aromatic rings. The van der Waals surface area contributed by atoms with Crippen LogP contribution in [0.1, 0.15) is 33.1 Å². The third kappa shape index (κ3) is 1.86. The standard InChI is InChI=1S/C11H16O/c1-4-9-7-11(2,3)6-5-10(9)8-12/h8,10H,1,5-7H2,2-3H3. The maximum absolute atomic E-state index is 10.7. The SMILES string of the molecule is C=C=C1CC(C)(C)CCC1C=O. The first-order valence-corrected chi connectivity index (χ1v) is 4.43. The van der Waals surface area contributed by atoms with Crippen molar-refractivity contribution in [2.24, 2.45) is 11.3 Å². The number of hydrogen-bond donors (Lipinski definition) is 0. The van der Waals surface area contributed by atoms with Gasteiger partial charge < -0.3 is 4.79 Å². The largest absolute Gasteiger partial charge is 0.303 e. The van der Waals surface area contributed by atoms with Gasteiger partial charge in [0.2, 0.25) is 0 Å². The Bertz CT molecular complexity index is 231. The summed E-state index contributed by atoms with van der Waals surface area (Å²) in [6, 6.07) is 0. The average molecular weight is 164 g/mol. The molecule has 0 aromatic carbocycles. The summed E-state index contributed by atoms with van der Waals surface area (Å²) >= 11 is 0. The van der Waals surface area contributed by atoms with Crippen molar-refractivity contribution in [2.75, 3.05) is 0 Å². The summed E-state index contributed by atoms with van der Waals surface area (Å²) in [7, 11) is 0. The third-order valence-corrected chi connectivity index (χ3v) is 2.64. The Hall–Kier alpha value is -0.810. The summed E-state index contributed by atoms with van der Waals surface area (Å²) < 4.78 is 0. The minimum atomic E-state index is 0.0931. The molecule has 66 valence electrons. The van der Waals surface area contributed by atoms with Gasteiger partial charge in [0, 0.05) is 5.92 Å². The van der Waals surface area contributed by atoms with E-state index in [1.807, 2.05) is 0 Å². The minimum Gasteiger partial charge on any atom is -0.303 e. The molecule has 0 bridgehead atoms. The molecule has 1 nitrogen and oxygen atoms in total. The third-order valence-electron chi connectivity index (χ3n) is 2.64. The van der Waals surface area contributed by atoms with Crippen LogP contribution in [0.3, 0.4) is 0 Å². The molecule has 1 aliphatic rings. The van der Waals surface area contributed by atoms with E-state index in [9.17, 15) is 4.79 Å². The van der Waals surface area contributed by atoms with Crippen molar-refractivity contribution in [1.29, 1.82) is 0 Å². The highest BCUT2D eigenvalue weighted by Crippen LogP contribution is 2.40. The lowest BCUT2D eigenvalue weighted by Crippen LogP contribution is -2.23. The van der Waals surface area contributed by atoms with Gasteiger partial charge in [-0.05, 0) is 30.3 Å². The van der Waals surface area contributed by atoms with E-state index in [4.69, 9.17) is 0 Å². The number of rotatable bonds is 1. The van der Waals surface area contributed by atoms with Crippen LogP contribution in [0.25, 0.3) is 0 Å². The van der Waals surface area contributed by atoms with E-state index in [0.29, 0.717) is 5.41 Å². The van der Waals surface area contributed by atoms with Crippen molar-refractivity contribution in [3.8, 4) is 0 Å². The van der Waals surface area contributed by atoms with Crippen LogP contribution in [-0.4, -0.2) is 6.29 Å². The van der Waals surface area contributed by atoms with E-state index in [0.717, 1.165) is 31.1 Å². The summed E-state index contributed by atoms with van der Waals surface area (Å²) in [6.45, 7) is 8.08. The second-order valence-corrected chi connectivity index (χ2v) is 4.32. The first-order chi connectivity index (χ1) is 5.59. The molecule has 0 radical (unpaired) electrons. The van der Waals surface area contributed by atoms with Crippen LogP contribution in [0.5, 0.6) is 0 Å². The van der Waals surface area contributed by atoms with E-state index in [2.05, 4.69) is 26.2 Å². The Morgan fingerprint density at radius 2 is 2.33 bits per heavy atom. The minimum absolute atomic E-state index is 0.0931. The van der Waals surface area contributed by atoms with Gasteiger partial charge in [0.1, 0.15) is 6.29 Å². The molecule has 1 fully saturated rings. The fourth-order valence-electron chi connectivity index (χ4n) is 1.80. The maximum Gasteiger partial charge on any atom is 0.127 e. The zero-order chi connectivity index (χ0) is 9.19. The molecule has 1 unspecified atom stereocenters. The zero-order valence-electron chi connectivity index (χ0n) is 7.89. The molecule has 0 spiro atoms. The van der Waals surface area contributed by atoms with E-state index in [1.165, 1.54) is 0 Å². The van der Waals surface area contributed by atoms with Gasteiger partial charge in [-0.3, -0.25) is 0 Å². The average Bonchev–Trinajstić information content (AvgIpc) is 2.03. The maximum atomic E-state index is 10.7.